The molecule has 1 aromatic carbocycles. The van der Waals surface area contributed by atoms with Crippen molar-refractivity contribution in [1.82, 2.24) is 30.4 Å². The number of para-hydroxylation sites is 1. The van der Waals surface area contributed by atoms with Crippen molar-refractivity contribution in [3.8, 4) is 5.69 Å². The third-order valence-corrected chi connectivity index (χ3v) is 1.88. The smallest absolute Gasteiger partial charge is 0.237 e. The fourth-order valence-corrected chi connectivity index (χ4v) is 1.24. The lowest BCUT2D eigenvalue weighted by atomic mass is 10.3. The molecule has 0 bridgehead atoms. The molecule has 6 nitrogen and oxygen atoms in total. The molecule has 0 amide bonds. The largest absolute Gasteiger partial charge is 0.243 e. The molecule has 3 aromatic rings. The van der Waals surface area contributed by atoms with E-state index in [1.807, 2.05) is 30.3 Å². The van der Waals surface area contributed by atoms with Crippen molar-refractivity contribution in [3.63, 3.8) is 0 Å². The second-order valence-corrected chi connectivity index (χ2v) is 2.81. The summed E-state index contributed by atoms with van der Waals surface area (Å²) in [6.45, 7) is 0. The van der Waals surface area contributed by atoms with Crippen molar-refractivity contribution in [2.24, 2.45) is 0 Å². The third-order valence-electron chi connectivity index (χ3n) is 1.88. The normalized spacial score (nSPS) is 10.9. The summed E-state index contributed by atoms with van der Waals surface area (Å²) >= 11 is 0. The fourth-order valence-electron chi connectivity index (χ4n) is 1.24. The number of fused-ring (bicyclic) bond motifs is 1. The highest BCUT2D eigenvalue weighted by atomic mass is 15.5. The molecule has 0 atom stereocenters. The molecule has 0 saturated carbocycles. The van der Waals surface area contributed by atoms with Crippen LogP contribution in [0, 0.1) is 0 Å². The lowest BCUT2D eigenvalue weighted by Gasteiger charge is -1.95. The van der Waals surface area contributed by atoms with Gasteiger partial charge in [-0.05, 0) is 12.1 Å². The Labute approximate surface area is 78.6 Å². The van der Waals surface area contributed by atoms with Crippen LogP contribution in [0.15, 0.2) is 30.3 Å². The first kappa shape index (κ1) is 7.19. The predicted molar refractivity (Wildman–Crippen MR) is 48.8 cm³/mol. The van der Waals surface area contributed by atoms with Gasteiger partial charge in [0, 0.05) is 0 Å². The third kappa shape index (κ3) is 0.972. The van der Waals surface area contributed by atoms with Gasteiger partial charge in [0.25, 0.3) is 0 Å². The Bertz CT molecular complexity index is 523. The first-order valence-corrected chi connectivity index (χ1v) is 4.13. The molecular formula is C8H6N6. The summed E-state index contributed by atoms with van der Waals surface area (Å²) in [5, 5.41) is 18.3. The van der Waals surface area contributed by atoms with Crippen LogP contribution in [0.5, 0.6) is 0 Å². The van der Waals surface area contributed by atoms with Gasteiger partial charge in [0.2, 0.25) is 11.3 Å². The maximum absolute atomic E-state index is 4.17. The van der Waals surface area contributed by atoms with E-state index >= 15 is 0 Å². The highest BCUT2D eigenvalue weighted by Gasteiger charge is 2.05. The van der Waals surface area contributed by atoms with Gasteiger partial charge in [0.1, 0.15) is 0 Å². The lowest BCUT2D eigenvalue weighted by Crippen LogP contribution is -1.98. The van der Waals surface area contributed by atoms with Crippen LogP contribution in [0.25, 0.3) is 17.0 Å². The molecule has 3 rings (SSSR count). The summed E-state index contributed by atoms with van der Waals surface area (Å²) in [6.07, 6.45) is 0. The van der Waals surface area contributed by atoms with Gasteiger partial charge >= 0.3 is 0 Å². The summed E-state index contributed by atoms with van der Waals surface area (Å²) < 4.78 is 0. The minimum Gasteiger partial charge on any atom is -0.237 e. The first-order valence-electron chi connectivity index (χ1n) is 4.13. The Hall–Kier alpha value is -2.24. The van der Waals surface area contributed by atoms with E-state index in [9.17, 15) is 0 Å². The van der Waals surface area contributed by atoms with E-state index in [-0.39, 0.29) is 0 Å². The van der Waals surface area contributed by atoms with E-state index in [4.69, 9.17) is 0 Å². The molecular weight excluding hydrogens is 180 g/mol. The summed E-state index contributed by atoms with van der Waals surface area (Å²) in [5.74, 6) is 0. The van der Waals surface area contributed by atoms with Crippen LogP contribution >= 0.6 is 0 Å². The predicted octanol–water partition coefficient (Wildman–Crippen LogP) is 0.539. The number of hydrogen-bond acceptors (Lipinski definition) is 4. The summed E-state index contributed by atoms with van der Waals surface area (Å²) in [4.78, 5) is 1.52. The van der Waals surface area contributed by atoms with Gasteiger partial charge in [-0.1, -0.05) is 23.4 Å². The van der Waals surface area contributed by atoms with Crippen LogP contribution in [0.3, 0.4) is 0 Å². The van der Waals surface area contributed by atoms with Crippen molar-refractivity contribution in [1.29, 1.82) is 0 Å². The molecule has 0 aliphatic heterocycles. The van der Waals surface area contributed by atoms with Crippen molar-refractivity contribution < 1.29 is 0 Å². The van der Waals surface area contributed by atoms with Crippen molar-refractivity contribution in [2.75, 3.05) is 0 Å². The zero-order valence-electron chi connectivity index (χ0n) is 7.12. The van der Waals surface area contributed by atoms with E-state index in [0.717, 1.165) is 5.69 Å². The molecule has 6 heteroatoms. The number of aromatic amines is 1. The monoisotopic (exact) mass is 186 g/mol. The molecule has 2 heterocycles. The fraction of sp³-hybridized carbons (Fsp3) is 0. The number of aromatic nitrogens is 6. The average molecular weight is 186 g/mol. The summed E-state index contributed by atoms with van der Waals surface area (Å²) in [7, 11) is 0. The molecule has 0 spiro atoms. The molecule has 14 heavy (non-hydrogen) atoms. The zero-order chi connectivity index (χ0) is 9.38. The SMILES string of the molecule is c1ccc(-n2nc3nn[nH]c3n2)cc1. The van der Waals surface area contributed by atoms with E-state index in [1.165, 1.54) is 4.80 Å². The Kier molecular flexibility index (Phi) is 1.35. The minimum absolute atomic E-state index is 0.522. The quantitative estimate of drug-likeness (QED) is 0.602. The van der Waals surface area contributed by atoms with Crippen LogP contribution in [0.4, 0.5) is 0 Å². The second kappa shape index (κ2) is 2.63. The second-order valence-electron chi connectivity index (χ2n) is 2.81. The van der Waals surface area contributed by atoms with Gasteiger partial charge in [0.05, 0.1) is 5.69 Å². The van der Waals surface area contributed by atoms with E-state index in [2.05, 4.69) is 25.6 Å². The van der Waals surface area contributed by atoms with Gasteiger partial charge in [0.15, 0.2) is 0 Å². The number of benzene rings is 1. The van der Waals surface area contributed by atoms with E-state index in [0.29, 0.717) is 11.3 Å². The molecule has 0 unspecified atom stereocenters. The standard InChI is InChI=1S/C8H6N6/c1-2-4-6(5-3-1)14-11-7-8(12-14)10-13-9-7/h1-5H,(H,9,10,11,12). The molecule has 68 valence electrons. The highest BCUT2D eigenvalue weighted by Crippen LogP contribution is 2.06. The van der Waals surface area contributed by atoms with Crippen molar-refractivity contribution >= 4 is 11.3 Å². The average Bonchev–Trinajstić information content (AvgIpc) is 2.78. The number of nitrogens with one attached hydrogen (secondary N) is 1. The van der Waals surface area contributed by atoms with E-state index < -0.39 is 0 Å². The van der Waals surface area contributed by atoms with Crippen LogP contribution in [-0.2, 0) is 0 Å². The first-order chi connectivity index (χ1) is 6.93. The Morgan fingerprint density at radius 3 is 2.71 bits per heavy atom. The Morgan fingerprint density at radius 1 is 1.07 bits per heavy atom. The topological polar surface area (TPSA) is 72.3 Å². The van der Waals surface area contributed by atoms with Crippen LogP contribution in [0.1, 0.15) is 0 Å². The molecule has 1 N–H and O–H groups in total. The number of nitrogens with zero attached hydrogens (tertiary/aromatic N) is 5. The van der Waals surface area contributed by atoms with Crippen molar-refractivity contribution in [2.45, 2.75) is 0 Å². The summed E-state index contributed by atoms with van der Waals surface area (Å²) in [5.41, 5.74) is 2.02. The van der Waals surface area contributed by atoms with Crippen LogP contribution in [0.2, 0.25) is 0 Å². The molecule has 0 aliphatic rings. The zero-order valence-corrected chi connectivity index (χ0v) is 7.12. The summed E-state index contributed by atoms with van der Waals surface area (Å²) in [6, 6.07) is 9.65. The number of rotatable bonds is 1. The molecule has 2 aromatic heterocycles. The molecule has 0 radical (unpaired) electrons. The van der Waals surface area contributed by atoms with Gasteiger partial charge < -0.3 is 0 Å². The number of hydrogen-bond donors (Lipinski definition) is 1. The van der Waals surface area contributed by atoms with Gasteiger partial charge in [-0.3, -0.25) is 0 Å². The minimum atomic E-state index is 0.522. The van der Waals surface area contributed by atoms with Gasteiger partial charge in [-0.2, -0.15) is 0 Å². The highest BCUT2D eigenvalue weighted by molar-refractivity contribution is 5.62. The van der Waals surface area contributed by atoms with Crippen LogP contribution in [-0.4, -0.2) is 30.4 Å². The van der Waals surface area contributed by atoms with Gasteiger partial charge in [-0.15, -0.1) is 20.1 Å². The maximum atomic E-state index is 4.17. The van der Waals surface area contributed by atoms with E-state index in [1.54, 1.807) is 0 Å². The molecule has 0 fully saturated rings. The van der Waals surface area contributed by atoms with Crippen LogP contribution < -0.4 is 0 Å². The Balaban J connectivity index is 2.19. The maximum Gasteiger partial charge on any atom is 0.243 e. The molecule has 0 saturated heterocycles. The molecule has 0 aliphatic carbocycles. The van der Waals surface area contributed by atoms with Gasteiger partial charge in [-0.25, -0.2) is 5.10 Å². The lowest BCUT2D eigenvalue weighted by molar-refractivity contribution is 0.746. The van der Waals surface area contributed by atoms with Crippen molar-refractivity contribution in [3.05, 3.63) is 30.3 Å². The Morgan fingerprint density at radius 2 is 1.93 bits per heavy atom. The number of H-pyrrole nitrogens is 1.